The van der Waals surface area contributed by atoms with Gasteiger partial charge in [0.25, 0.3) is 0 Å². The highest BCUT2D eigenvalue weighted by atomic mass is 35.5. The lowest BCUT2D eigenvalue weighted by Gasteiger charge is -2.36. The van der Waals surface area contributed by atoms with Gasteiger partial charge in [0.05, 0.1) is 17.9 Å². The first-order valence-electron chi connectivity index (χ1n) is 10.7. The van der Waals surface area contributed by atoms with Crippen molar-refractivity contribution < 1.29 is 14.4 Å². The molecule has 3 aliphatic heterocycles. The van der Waals surface area contributed by atoms with Crippen molar-refractivity contribution in [2.24, 2.45) is 11.8 Å². The highest BCUT2D eigenvalue weighted by Gasteiger charge is 2.63. The van der Waals surface area contributed by atoms with Crippen molar-refractivity contribution in [1.29, 1.82) is 0 Å². The third kappa shape index (κ3) is 3.02. The number of hydrogen-bond acceptors (Lipinski definition) is 4. The maximum atomic E-state index is 13.7. The summed E-state index contributed by atoms with van der Waals surface area (Å²) in [6.45, 7) is 2.44. The second-order valence-electron chi connectivity index (χ2n) is 8.37. The number of halogens is 1. The van der Waals surface area contributed by atoms with Gasteiger partial charge in [-0.2, -0.15) is 0 Å². The zero-order chi connectivity index (χ0) is 21.7. The maximum absolute atomic E-state index is 13.7. The number of imide groups is 1. The van der Waals surface area contributed by atoms with Gasteiger partial charge >= 0.3 is 0 Å². The minimum Gasteiger partial charge on any atom is -0.352 e. The van der Waals surface area contributed by atoms with Gasteiger partial charge in [-0.25, -0.2) is 0 Å². The standard InChI is InChI=1S/C25H23ClN2O3/c1-2-3-13-27-24(30)20-19-11-9-16-14-17(26)10-12-18(16)28(19)22(21(20)25(27)31)23(29)15-7-5-4-6-8-15/h4-12,14,19-22H,2-3,13H2,1H3/t19-,20-,21-,22+/m0/s1. The van der Waals surface area contributed by atoms with Gasteiger partial charge in [0.1, 0.15) is 6.04 Å². The van der Waals surface area contributed by atoms with E-state index in [4.69, 9.17) is 11.6 Å². The summed E-state index contributed by atoms with van der Waals surface area (Å²) in [6, 6.07) is 13.5. The van der Waals surface area contributed by atoms with Gasteiger partial charge in [-0.05, 0) is 30.2 Å². The SMILES string of the molecule is CCCCN1C(=O)[C@@H]2[C@H](C1=O)[C@H](C(=O)c1ccccc1)N1c3ccc(Cl)cc3C=C[C@@H]21. The molecule has 2 saturated heterocycles. The van der Waals surface area contributed by atoms with Crippen LogP contribution in [-0.4, -0.2) is 41.1 Å². The molecule has 0 unspecified atom stereocenters. The van der Waals surface area contributed by atoms with Crippen LogP contribution in [0.5, 0.6) is 0 Å². The predicted molar refractivity (Wildman–Crippen MR) is 120 cm³/mol. The predicted octanol–water partition coefficient (Wildman–Crippen LogP) is 4.21. The third-order valence-electron chi connectivity index (χ3n) is 6.62. The van der Waals surface area contributed by atoms with E-state index in [1.165, 1.54) is 4.90 Å². The summed E-state index contributed by atoms with van der Waals surface area (Å²) in [4.78, 5) is 43.9. The van der Waals surface area contributed by atoms with Crippen LogP contribution in [0.4, 0.5) is 5.69 Å². The lowest BCUT2D eigenvalue weighted by Crippen LogP contribution is -2.48. The minimum atomic E-state index is -0.731. The van der Waals surface area contributed by atoms with Crippen molar-refractivity contribution in [3.63, 3.8) is 0 Å². The summed E-state index contributed by atoms with van der Waals surface area (Å²) in [5, 5.41) is 0.602. The molecule has 5 rings (SSSR count). The number of unbranched alkanes of at least 4 members (excludes halogenated alkanes) is 1. The smallest absolute Gasteiger partial charge is 0.235 e. The minimum absolute atomic E-state index is 0.132. The summed E-state index contributed by atoms with van der Waals surface area (Å²) < 4.78 is 0. The molecule has 2 amide bonds. The number of hydrogen-bond donors (Lipinski definition) is 0. The highest BCUT2D eigenvalue weighted by molar-refractivity contribution is 6.30. The first-order valence-corrected chi connectivity index (χ1v) is 11.1. The number of amides is 2. The molecule has 2 fully saturated rings. The van der Waals surface area contributed by atoms with Crippen molar-refractivity contribution in [3.8, 4) is 0 Å². The van der Waals surface area contributed by atoms with Crippen LogP contribution in [0.2, 0.25) is 5.02 Å². The number of fused-ring (bicyclic) bond motifs is 5. The summed E-state index contributed by atoms with van der Waals surface area (Å²) in [5.41, 5.74) is 2.27. The van der Waals surface area contributed by atoms with Crippen molar-refractivity contribution in [2.45, 2.75) is 31.8 Å². The molecule has 3 aliphatic rings. The van der Waals surface area contributed by atoms with Crippen molar-refractivity contribution in [3.05, 3.63) is 70.8 Å². The van der Waals surface area contributed by atoms with Gasteiger partial charge in [-0.3, -0.25) is 19.3 Å². The molecule has 158 valence electrons. The van der Waals surface area contributed by atoms with Crippen molar-refractivity contribution in [1.82, 2.24) is 4.90 Å². The van der Waals surface area contributed by atoms with Gasteiger partial charge in [0.15, 0.2) is 5.78 Å². The highest BCUT2D eigenvalue weighted by Crippen LogP contribution is 2.49. The zero-order valence-electron chi connectivity index (χ0n) is 17.2. The molecule has 0 N–H and O–H groups in total. The van der Waals surface area contributed by atoms with Crippen LogP contribution in [-0.2, 0) is 9.59 Å². The van der Waals surface area contributed by atoms with E-state index in [0.29, 0.717) is 17.1 Å². The van der Waals surface area contributed by atoms with Gasteiger partial charge in [0, 0.05) is 22.8 Å². The summed E-state index contributed by atoms with van der Waals surface area (Å²) in [5.74, 6) is -1.76. The fourth-order valence-corrected chi connectivity index (χ4v) is 5.40. The molecule has 4 atom stereocenters. The number of Topliss-reactive ketones (excluding diaryl/α,β-unsaturated/α-hetero) is 1. The number of nitrogens with zero attached hydrogens (tertiary/aromatic N) is 2. The maximum Gasteiger partial charge on any atom is 0.235 e. The lowest BCUT2D eigenvalue weighted by molar-refractivity contribution is -0.140. The first kappa shape index (κ1) is 20.0. The average molecular weight is 435 g/mol. The Kier molecular flexibility index (Phi) is 4.94. The van der Waals surface area contributed by atoms with Gasteiger partial charge < -0.3 is 4.90 Å². The molecule has 3 heterocycles. The van der Waals surface area contributed by atoms with E-state index in [9.17, 15) is 14.4 Å². The number of ketones is 1. The Morgan fingerprint density at radius 2 is 1.77 bits per heavy atom. The molecule has 2 aromatic carbocycles. The van der Waals surface area contributed by atoms with Crippen LogP contribution >= 0.6 is 11.6 Å². The normalized spacial score (nSPS) is 26.1. The molecule has 0 aliphatic carbocycles. The number of rotatable bonds is 5. The van der Waals surface area contributed by atoms with Gasteiger partial charge in [-0.1, -0.05) is 67.4 Å². The fraction of sp³-hybridized carbons (Fsp3) is 0.320. The fourth-order valence-electron chi connectivity index (χ4n) is 5.22. The number of anilines is 1. The van der Waals surface area contributed by atoms with E-state index in [0.717, 1.165) is 24.1 Å². The Morgan fingerprint density at radius 3 is 2.52 bits per heavy atom. The van der Waals surface area contributed by atoms with E-state index >= 15 is 0 Å². The zero-order valence-corrected chi connectivity index (χ0v) is 18.0. The quantitative estimate of drug-likeness (QED) is 0.522. The lowest BCUT2D eigenvalue weighted by atomic mass is 9.86. The molecule has 0 spiro atoms. The Labute approximate surface area is 186 Å². The molecule has 0 bridgehead atoms. The van der Waals surface area contributed by atoms with E-state index in [2.05, 4.69) is 0 Å². The van der Waals surface area contributed by atoms with Crippen LogP contribution in [0, 0.1) is 11.8 Å². The monoisotopic (exact) mass is 434 g/mol. The third-order valence-corrected chi connectivity index (χ3v) is 6.86. The number of carbonyl (C=O) groups excluding carboxylic acids is 3. The van der Waals surface area contributed by atoms with Crippen LogP contribution in [0.3, 0.4) is 0 Å². The molecule has 0 aromatic heterocycles. The Balaban J connectivity index is 1.63. The number of likely N-dealkylation sites (tertiary alicyclic amines) is 1. The second kappa shape index (κ2) is 7.65. The topological polar surface area (TPSA) is 57.7 Å². The first-order chi connectivity index (χ1) is 15.0. The molecule has 0 radical (unpaired) electrons. The van der Waals surface area contributed by atoms with E-state index in [-0.39, 0.29) is 23.6 Å². The largest absolute Gasteiger partial charge is 0.352 e. The molecule has 0 saturated carbocycles. The Morgan fingerprint density at radius 1 is 1.03 bits per heavy atom. The molecular formula is C25H23ClN2O3. The van der Waals surface area contributed by atoms with E-state index in [1.807, 2.05) is 54.3 Å². The molecular weight excluding hydrogens is 412 g/mol. The Bertz CT molecular complexity index is 1100. The van der Waals surface area contributed by atoms with Crippen LogP contribution in [0.25, 0.3) is 6.08 Å². The Hall–Kier alpha value is -2.92. The molecule has 5 nitrogen and oxygen atoms in total. The summed E-state index contributed by atoms with van der Waals surface area (Å²) >= 11 is 6.19. The van der Waals surface area contributed by atoms with E-state index < -0.39 is 17.9 Å². The molecule has 2 aromatic rings. The van der Waals surface area contributed by atoms with Gasteiger partial charge in [-0.15, -0.1) is 0 Å². The van der Waals surface area contributed by atoms with Crippen molar-refractivity contribution >= 4 is 41.0 Å². The summed E-state index contributed by atoms with van der Waals surface area (Å²) in [7, 11) is 0. The van der Waals surface area contributed by atoms with Crippen LogP contribution in [0.15, 0.2) is 54.6 Å². The number of carbonyl (C=O) groups is 3. The molecule has 6 heteroatoms. The molecule has 31 heavy (non-hydrogen) atoms. The van der Waals surface area contributed by atoms with Crippen LogP contribution in [0.1, 0.15) is 35.7 Å². The average Bonchev–Trinajstić information content (AvgIpc) is 3.25. The van der Waals surface area contributed by atoms with Crippen molar-refractivity contribution in [2.75, 3.05) is 11.4 Å². The van der Waals surface area contributed by atoms with Gasteiger partial charge in [0.2, 0.25) is 11.8 Å². The summed E-state index contributed by atoms with van der Waals surface area (Å²) in [6.07, 6.45) is 5.55. The van der Waals surface area contributed by atoms with Crippen LogP contribution < -0.4 is 4.90 Å². The number of benzene rings is 2. The second-order valence-corrected chi connectivity index (χ2v) is 8.80. The van der Waals surface area contributed by atoms with E-state index in [1.54, 1.807) is 18.2 Å².